The Morgan fingerprint density at radius 3 is 2.82 bits per heavy atom. The van der Waals surface area contributed by atoms with Crippen molar-refractivity contribution >= 4 is 0 Å². The van der Waals surface area contributed by atoms with Crippen molar-refractivity contribution < 1.29 is 4.42 Å². The zero-order valence-electron chi connectivity index (χ0n) is 10.6. The first-order valence-electron chi connectivity index (χ1n) is 6.88. The van der Waals surface area contributed by atoms with E-state index in [4.69, 9.17) is 4.42 Å². The number of aromatic nitrogens is 2. The number of hydrogen-bond acceptors (Lipinski definition) is 4. The summed E-state index contributed by atoms with van der Waals surface area (Å²) >= 11 is 0. The number of hydrogen-bond donors (Lipinski definition) is 1. The summed E-state index contributed by atoms with van der Waals surface area (Å²) in [5.74, 6) is 3.92. The van der Waals surface area contributed by atoms with Gasteiger partial charge in [0.15, 0.2) is 0 Å². The van der Waals surface area contributed by atoms with Crippen LogP contribution in [0.5, 0.6) is 0 Å². The molecule has 0 aromatic carbocycles. The van der Waals surface area contributed by atoms with Gasteiger partial charge in [-0.15, -0.1) is 10.2 Å². The highest BCUT2D eigenvalue weighted by Crippen LogP contribution is 2.62. The summed E-state index contributed by atoms with van der Waals surface area (Å²) in [4.78, 5) is 0. The van der Waals surface area contributed by atoms with E-state index in [-0.39, 0.29) is 6.04 Å². The van der Waals surface area contributed by atoms with E-state index in [2.05, 4.69) is 29.4 Å². The lowest BCUT2D eigenvalue weighted by molar-refractivity contribution is 0.385. The molecule has 3 unspecified atom stereocenters. The summed E-state index contributed by atoms with van der Waals surface area (Å²) in [6, 6.07) is 0.176. The highest BCUT2D eigenvalue weighted by Gasteiger charge is 2.56. The van der Waals surface area contributed by atoms with Crippen LogP contribution in [-0.4, -0.2) is 16.7 Å². The van der Waals surface area contributed by atoms with Crippen molar-refractivity contribution in [2.45, 2.75) is 51.5 Å². The lowest BCUT2D eigenvalue weighted by Crippen LogP contribution is -2.19. The second kappa shape index (κ2) is 4.41. The summed E-state index contributed by atoms with van der Waals surface area (Å²) in [7, 11) is 0. The fourth-order valence-electron chi connectivity index (χ4n) is 3.19. The highest BCUT2D eigenvalue weighted by atomic mass is 16.4. The molecule has 94 valence electrons. The van der Waals surface area contributed by atoms with Crippen LogP contribution in [0.1, 0.15) is 63.3 Å². The molecule has 2 fully saturated rings. The van der Waals surface area contributed by atoms with Crippen LogP contribution >= 0.6 is 0 Å². The molecule has 1 aromatic rings. The number of nitrogens with one attached hydrogen (secondary N) is 1. The molecule has 1 N–H and O–H groups in total. The molecular formula is C13H21N3O. The molecule has 4 heteroatoms. The van der Waals surface area contributed by atoms with Crippen LogP contribution in [0, 0.1) is 11.8 Å². The Morgan fingerprint density at radius 1 is 1.35 bits per heavy atom. The monoisotopic (exact) mass is 235 g/mol. The first-order chi connectivity index (χ1) is 8.31. The van der Waals surface area contributed by atoms with Crippen LogP contribution in [0.3, 0.4) is 0 Å². The minimum atomic E-state index is 0.176. The third kappa shape index (κ3) is 1.99. The van der Waals surface area contributed by atoms with Gasteiger partial charge in [-0.2, -0.15) is 0 Å². The van der Waals surface area contributed by atoms with Gasteiger partial charge < -0.3 is 9.73 Å². The van der Waals surface area contributed by atoms with Crippen molar-refractivity contribution in [3.63, 3.8) is 0 Å². The van der Waals surface area contributed by atoms with E-state index in [1.54, 1.807) is 0 Å². The molecule has 0 spiro atoms. The Labute approximate surface area is 102 Å². The van der Waals surface area contributed by atoms with Gasteiger partial charge in [0.05, 0.1) is 6.04 Å². The third-order valence-corrected chi connectivity index (χ3v) is 4.22. The Kier molecular flexibility index (Phi) is 2.90. The van der Waals surface area contributed by atoms with Gasteiger partial charge >= 0.3 is 0 Å². The van der Waals surface area contributed by atoms with Crippen LogP contribution in [0.4, 0.5) is 0 Å². The highest BCUT2D eigenvalue weighted by molar-refractivity contribution is 5.15. The number of nitrogens with zero attached hydrogens (tertiary/aromatic N) is 2. The summed E-state index contributed by atoms with van der Waals surface area (Å²) in [5.41, 5.74) is 0. The van der Waals surface area contributed by atoms with E-state index in [1.807, 2.05) is 0 Å². The van der Waals surface area contributed by atoms with E-state index >= 15 is 0 Å². The van der Waals surface area contributed by atoms with Gasteiger partial charge in [0.25, 0.3) is 0 Å². The Bertz CT molecular complexity index is 380. The molecule has 4 nitrogen and oxygen atoms in total. The van der Waals surface area contributed by atoms with E-state index < -0.39 is 0 Å². The molecule has 2 saturated carbocycles. The third-order valence-electron chi connectivity index (χ3n) is 4.22. The van der Waals surface area contributed by atoms with Gasteiger partial charge in [0.2, 0.25) is 11.8 Å². The molecule has 3 atom stereocenters. The molecule has 0 amide bonds. The van der Waals surface area contributed by atoms with Gasteiger partial charge in [-0.05, 0) is 44.6 Å². The summed E-state index contributed by atoms with van der Waals surface area (Å²) in [5, 5.41) is 11.8. The van der Waals surface area contributed by atoms with Gasteiger partial charge in [0, 0.05) is 5.92 Å². The summed E-state index contributed by atoms with van der Waals surface area (Å²) in [6.45, 7) is 5.23. The van der Waals surface area contributed by atoms with Crippen molar-refractivity contribution in [1.82, 2.24) is 15.5 Å². The largest absolute Gasteiger partial charge is 0.423 e. The van der Waals surface area contributed by atoms with Crippen molar-refractivity contribution in [1.29, 1.82) is 0 Å². The Morgan fingerprint density at radius 2 is 2.12 bits per heavy atom. The molecule has 17 heavy (non-hydrogen) atoms. The van der Waals surface area contributed by atoms with E-state index in [0.29, 0.717) is 5.92 Å². The normalized spacial score (nSPS) is 32.5. The maximum atomic E-state index is 5.82. The second-order valence-electron chi connectivity index (χ2n) is 5.44. The minimum Gasteiger partial charge on any atom is -0.423 e. The maximum absolute atomic E-state index is 5.82. The Balaban J connectivity index is 1.63. The molecule has 1 aromatic heterocycles. The van der Waals surface area contributed by atoms with Gasteiger partial charge in [-0.1, -0.05) is 13.3 Å². The van der Waals surface area contributed by atoms with Crippen LogP contribution in [-0.2, 0) is 0 Å². The molecule has 0 saturated heterocycles. The van der Waals surface area contributed by atoms with Gasteiger partial charge in [-0.3, -0.25) is 0 Å². The van der Waals surface area contributed by atoms with Gasteiger partial charge in [-0.25, -0.2) is 0 Å². The average Bonchev–Trinajstić information content (AvgIpc) is 2.80. The first kappa shape index (κ1) is 11.2. The SMILES string of the molecule is CCCNC(C)c1nnc(C2C3CCCC32)o1. The lowest BCUT2D eigenvalue weighted by atomic mass is 10.1. The smallest absolute Gasteiger partial charge is 0.233 e. The predicted octanol–water partition coefficient (Wildman–Crippen LogP) is 2.64. The van der Waals surface area contributed by atoms with Gasteiger partial charge in [0.1, 0.15) is 0 Å². The molecule has 0 aliphatic heterocycles. The van der Waals surface area contributed by atoms with Crippen LogP contribution in [0.2, 0.25) is 0 Å². The maximum Gasteiger partial charge on any atom is 0.233 e. The van der Waals surface area contributed by atoms with Crippen LogP contribution in [0.15, 0.2) is 4.42 Å². The lowest BCUT2D eigenvalue weighted by Gasteiger charge is -2.07. The standard InChI is InChI=1S/C13H21N3O/c1-3-7-14-8(2)12-15-16-13(17-12)11-9-5-4-6-10(9)11/h8-11,14H,3-7H2,1-2H3. The van der Waals surface area contributed by atoms with Crippen LogP contribution in [0.25, 0.3) is 0 Å². The van der Waals surface area contributed by atoms with E-state index in [1.165, 1.54) is 19.3 Å². The van der Waals surface area contributed by atoms with E-state index in [9.17, 15) is 0 Å². The predicted molar refractivity (Wildman–Crippen MR) is 64.6 cm³/mol. The molecule has 2 aliphatic rings. The quantitative estimate of drug-likeness (QED) is 0.852. The van der Waals surface area contributed by atoms with Crippen molar-refractivity contribution in [3.8, 4) is 0 Å². The zero-order valence-corrected chi connectivity index (χ0v) is 10.6. The van der Waals surface area contributed by atoms with Crippen molar-refractivity contribution in [2.75, 3.05) is 6.54 Å². The van der Waals surface area contributed by atoms with Crippen molar-refractivity contribution in [3.05, 3.63) is 11.8 Å². The Hall–Kier alpha value is -0.900. The number of fused-ring (bicyclic) bond motifs is 1. The molecule has 2 aliphatic carbocycles. The summed E-state index contributed by atoms with van der Waals surface area (Å²) in [6.07, 6.45) is 5.23. The van der Waals surface area contributed by atoms with Crippen molar-refractivity contribution in [2.24, 2.45) is 11.8 Å². The fourth-order valence-corrected chi connectivity index (χ4v) is 3.19. The second-order valence-corrected chi connectivity index (χ2v) is 5.44. The molecule has 1 heterocycles. The topological polar surface area (TPSA) is 51.0 Å². The molecular weight excluding hydrogens is 214 g/mol. The molecule has 0 bridgehead atoms. The average molecular weight is 235 g/mol. The van der Waals surface area contributed by atoms with Crippen LogP contribution < -0.4 is 5.32 Å². The first-order valence-corrected chi connectivity index (χ1v) is 6.88. The molecule has 3 rings (SSSR count). The fraction of sp³-hybridized carbons (Fsp3) is 0.846. The van der Waals surface area contributed by atoms with E-state index in [0.717, 1.165) is 36.6 Å². The number of rotatable bonds is 5. The zero-order chi connectivity index (χ0) is 11.8. The minimum absolute atomic E-state index is 0.176. The molecule has 0 radical (unpaired) electrons. The summed E-state index contributed by atoms with van der Waals surface area (Å²) < 4.78 is 5.82.